The zero-order chi connectivity index (χ0) is 60.9. The second kappa shape index (κ2) is 36.2. The number of guanidine groups is 2. The monoisotopic (exact) mass is 1130 g/mol. The number of carbonyl (C=O) groups is 12. The van der Waals surface area contributed by atoms with Crippen LogP contribution in [0.25, 0.3) is 0 Å². The summed E-state index contributed by atoms with van der Waals surface area (Å²) in [4.78, 5) is 165. The average Bonchev–Trinajstić information content (AvgIpc) is 3.33. The number of carboxylic acid groups (broad SMARTS) is 3. The normalized spacial score (nSPS) is 15.2. The summed E-state index contributed by atoms with van der Waals surface area (Å²) in [5.74, 6) is -14.8. The van der Waals surface area contributed by atoms with Gasteiger partial charge in [-0.1, -0.05) is 41.5 Å². The van der Waals surface area contributed by atoms with Gasteiger partial charge in [-0.3, -0.25) is 62.7 Å². The van der Waals surface area contributed by atoms with Crippen molar-refractivity contribution in [2.75, 3.05) is 13.1 Å². The van der Waals surface area contributed by atoms with Crippen LogP contribution in [0.15, 0.2) is 9.98 Å². The molecule has 0 rings (SSSR count). The maximum atomic E-state index is 13.9. The van der Waals surface area contributed by atoms with Crippen LogP contribution in [0.4, 0.5) is 0 Å². The molecule has 9 amide bonds. The quantitative estimate of drug-likeness (QED) is 0.0156. The van der Waals surface area contributed by atoms with Crippen LogP contribution in [0.1, 0.15) is 120 Å². The molecule has 23 N–H and O–H groups in total. The molecule has 0 spiro atoms. The van der Waals surface area contributed by atoms with Crippen molar-refractivity contribution in [2.24, 2.45) is 50.5 Å². The number of hydrogen-bond donors (Lipinski definition) is 18. The first kappa shape index (κ1) is 71.1. The summed E-state index contributed by atoms with van der Waals surface area (Å²) in [6.45, 7) is 12.2. The van der Waals surface area contributed by atoms with Crippen molar-refractivity contribution in [3.8, 4) is 0 Å². The molecule has 0 aliphatic heterocycles. The summed E-state index contributed by atoms with van der Waals surface area (Å²) < 4.78 is 0. The zero-order valence-corrected chi connectivity index (χ0v) is 46.0. The average molecular weight is 1130 g/mol. The molecule has 0 radical (unpaired) electrons. The predicted molar refractivity (Wildman–Crippen MR) is 284 cm³/mol. The van der Waals surface area contributed by atoms with Gasteiger partial charge >= 0.3 is 17.9 Å². The van der Waals surface area contributed by atoms with E-state index < -0.39 is 156 Å². The third-order valence-electron chi connectivity index (χ3n) is 11.5. The number of carbonyl (C=O) groups excluding carboxylic acids is 9. The van der Waals surface area contributed by atoms with Gasteiger partial charge in [-0.15, -0.1) is 0 Å². The van der Waals surface area contributed by atoms with Crippen molar-refractivity contribution >= 4 is 83.0 Å². The van der Waals surface area contributed by atoms with Crippen LogP contribution in [0.5, 0.6) is 0 Å². The largest absolute Gasteiger partial charge is 0.481 e. The van der Waals surface area contributed by atoms with Crippen molar-refractivity contribution in [3.63, 3.8) is 0 Å². The number of nitrogens with two attached hydrogens (primary N) is 5. The van der Waals surface area contributed by atoms with Crippen LogP contribution in [0.3, 0.4) is 0 Å². The van der Waals surface area contributed by atoms with Crippen LogP contribution in [0.2, 0.25) is 0 Å². The molecular formula is C47H84N16O16. The summed E-state index contributed by atoms with van der Waals surface area (Å²) >= 11 is 0. The number of rotatable bonds is 38. The molecule has 0 bridgehead atoms. The third-order valence-corrected chi connectivity index (χ3v) is 11.5. The first-order valence-corrected chi connectivity index (χ1v) is 25.7. The lowest BCUT2D eigenvalue weighted by Crippen LogP contribution is -2.61. The Balaban J connectivity index is 6.47. The number of aliphatic hydroxyl groups excluding tert-OH is 1. The molecule has 0 aromatic carbocycles. The van der Waals surface area contributed by atoms with Crippen LogP contribution >= 0.6 is 0 Å². The molecule has 0 aliphatic carbocycles. The van der Waals surface area contributed by atoms with Gasteiger partial charge in [0.2, 0.25) is 53.2 Å². The lowest BCUT2D eigenvalue weighted by molar-refractivity contribution is -0.143. The molecule has 0 aromatic rings. The Labute approximate surface area is 457 Å². The standard InChI is InChI=1S/C47H84N16O16/c1-9-26(38(71)57-27(10-2)45(78)79)56-39(72)28(14-12-16-54-47(51)52)58-41(74)29(17-21(3)4)59-36(69)23(7)55-40(73)31(19-33(65)66)61-42(75)30(18-22(5)6)60-43(76)32(20-34(67)68)62-44(77)35(24(8)64)63-37(70)25(48)13-11-15-53-46(49)50/h21-32,35,64H,9-20,48H2,1-8H3,(H,55,73)(H,56,72)(H,57,71)(H,58,74)(H,59,69)(H,60,76)(H,61,75)(H,62,77)(H,63,70)(H,65,66)(H,67,68)(H,78,79)(H4,49,50,53)(H4,51,52,54)/t23-,24+,25-,26-,27-,28-,29-,30-,31+,32-,35-/m0/s1. The fourth-order valence-electron chi connectivity index (χ4n) is 7.25. The summed E-state index contributed by atoms with van der Waals surface area (Å²) in [6.07, 6.45) is -3.54. The van der Waals surface area contributed by atoms with Crippen LogP contribution < -0.4 is 76.5 Å². The highest BCUT2D eigenvalue weighted by molar-refractivity contribution is 5.99. The Hall–Kier alpha value is -7.90. The number of aliphatic hydroxyl groups is 1. The fourth-order valence-corrected chi connectivity index (χ4v) is 7.25. The second-order valence-corrected chi connectivity index (χ2v) is 19.5. The Morgan fingerprint density at radius 3 is 1.20 bits per heavy atom. The molecule has 0 fully saturated rings. The Bertz CT molecular complexity index is 2170. The van der Waals surface area contributed by atoms with Gasteiger partial charge in [0.15, 0.2) is 11.9 Å². The van der Waals surface area contributed by atoms with Gasteiger partial charge < -0.3 is 96.9 Å². The molecule has 0 saturated heterocycles. The van der Waals surface area contributed by atoms with Gasteiger partial charge in [0.05, 0.1) is 25.0 Å². The van der Waals surface area contributed by atoms with Crippen molar-refractivity contribution < 1.29 is 78.0 Å². The molecule has 79 heavy (non-hydrogen) atoms. The van der Waals surface area contributed by atoms with Gasteiger partial charge in [-0.25, -0.2) is 4.79 Å². The van der Waals surface area contributed by atoms with E-state index in [1.807, 2.05) is 0 Å². The van der Waals surface area contributed by atoms with Crippen LogP contribution in [-0.4, -0.2) is 183 Å². The number of nitrogens with zero attached hydrogens (tertiary/aromatic N) is 2. The molecule has 11 atom stereocenters. The molecule has 448 valence electrons. The van der Waals surface area contributed by atoms with Crippen molar-refractivity contribution in [1.29, 1.82) is 0 Å². The SMILES string of the molecule is CC[C@H](NC(=O)[C@H](CC)NC(=O)[C@H](CCCN=C(N)N)NC(=O)[C@H](CC(C)C)NC(=O)[C@H](C)NC(=O)[C@@H](CC(=O)O)NC(=O)[C@H](CC(C)C)NC(=O)[C@H](CC(=O)O)NC(=O)[C@@H](NC(=O)[C@@H](N)CCCN=C(N)N)[C@@H](C)O)C(=O)O. The van der Waals surface area contributed by atoms with Crippen molar-refractivity contribution in [1.82, 2.24) is 47.9 Å². The number of carboxylic acids is 3. The maximum absolute atomic E-state index is 13.9. The van der Waals surface area contributed by atoms with Crippen molar-refractivity contribution in [2.45, 2.75) is 186 Å². The molecule has 0 aromatic heterocycles. The van der Waals surface area contributed by atoms with Crippen LogP contribution in [0, 0.1) is 11.8 Å². The molecule has 0 unspecified atom stereocenters. The Morgan fingerprint density at radius 1 is 0.430 bits per heavy atom. The Kier molecular flexibility index (Phi) is 32.6. The number of aliphatic imine (C=N–C) groups is 2. The van der Waals surface area contributed by atoms with E-state index in [4.69, 9.17) is 28.7 Å². The number of aliphatic carboxylic acids is 3. The fraction of sp³-hybridized carbons (Fsp3) is 0.702. The van der Waals surface area contributed by atoms with Gasteiger partial charge in [-0.2, -0.15) is 0 Å². The first-order chi connectivity index (χ1) is 36.7. The second-order valence-electron chi connectivity index (χ2n) is 19.5. The lowest BCUT2D eigenvalue weighted by Gasteiger charge is -2.28. The molecule has 32 nitrogen and oxygen atoms in total. The molecule has 32 heteroatoms. The third kappa shape index (κ3) is 28.9. The van der Waals surface area contributed by atoms with Crippen LogP contribution in [-0.2, 0) is 57.5 Å². The van der Waals surface area contributed by atoms with E-state index in [0.717, 1.165) is 6.92 Å². The highest BCUT2D eigenvalue weighted by Crippen LogP contribution is 2.11. The van der Waals surface area contributed by atoms with E-state index >= 15 is 0 Å². The zero-order valence-electron chi connectivity index (χ0n) is 46.0. The molecule has 0 heterocycles. The van der Waals surface area contributed by atoms with E-state index in [0.29, 0.717) is 0 Å². The molecule has 0 aliphatic rings. The first-order valence-electron chi connectivity index (χ1n) is 25.7. The predicted octanol–water partition coefficient (Wildman–Crippen LogP) is -5.87. The van der Waals surface area contributed by atoms with E-state index in [-0.39, 0.29) is 82.3 Å². The number of nitrogens with one attached hydrogen (secondary N) is 9. The minimum atomic E-state index is -1.94. The van der Waals surface area contributed by atoms with Crippen molar-refractivity contribution in [3.05, 3.63) is 0 Å². The summed E-state index contributed by atoms with van der Waals surface area (Å²) in [5, 5.41) is 60.3. The number of hydrogen-bond acceptors (Lipinski definition) is 16. The summed E-state index contributed by atoms with van der Waals surface area (Å²) in [5.41, 5.74) is 27.3. The maximum Gasteiger partial charge on any atom is 0.326 e. The topological polar surface area (TPSA) is 549 Å². The van der Waals surface area contributed by atoms with E-state index in [2.05, 4.69) is 57.8 Å². The molecule has 0 saturated carbocycles. The Morgan fingerprint density at radius 2 is 0.785 bits per heavy atom. The van der Waals surface area contributed by atoms with Gasteiger partial charge in [-0.05, 0) is 77.0 Å². The van der Waals surface area contributed by atoms with Gasteiger partial charge in [0.1, 0.15) is 54.4 Å². The lowest BCUT2D eigenvalue weighted by atomic mass is 10.0. The van der Waals surface area contributed by atoms with Gasteiger partial charge in [0.25, 0.3) is 0 Å². The van der Waals surface area contributed by atoms with E-state index in [1.165, 1.54) is 13.8 Å². The smallest absolute Gasteiger partial charge is 0.326 e. The number of amides is 9. The summed E-state index contributed by atoms with van der Waals surface area (Å²) in [7, 11) is 0. The molecular weight excluding hydrogens is 1040 g/mol. The minimum Gasteiger partial charge on any atom is -0.481 e. The summed E-state index contributed by atoms with van der Waals surface area (Å²) in [6, 6.07) is -15.2. The minimum absolute atomic E-state index is 0.0259. The van der Waals surface area contributed by atoms with E-state index in [9.17, 15) is 78.0 Å². The van der Waals surface area contributed by atoms with E-state index in [1.54, 1.807) is 34.6 Å². The highest BCUT2D eigenvalue weighted by atomic mass is 16.4. The van der Waals surface area contributed by atoms with Gasteiger partial charge in [0, 0.05) is 13.1 Å². The highest BCUT2D eigenvalue weighted by Gasteiger charge is 2.37.